The zero-order valence-corrected chi connectivity index (χ0v) is 14.4. The van der Waals surface area contributed by atoms with Gasteiger partial charge < -0.3 is 10.2 Å². The average Bonchev–Trinajstić information content (AvgIpc) is 2.67. The van der Waals surface area contributed by atoms with Crippen molar-refractivity contribution in [1.82, 2.24) is 15.2 Å². The first-order valence-electron chi connectivity index (χ1n) is 8.54. The van der Waals surface area contributed by atoms with Gasteiger partial charge >= 0.3 is 6.18 Å². The lowest BCUT2D eigenvalue weighted by molar-refractivity contribution is -0.141. The SMILES string of the molecule is CCc1ccc(C2CNCCN2C(=O)c2ccc(C(F)(F)F)nc2)cc1. The summed E-state index contributed by atoms with van der Waals surface area (Å²) in [7, 11) is 0. The monoisotopic (exact) mass is 363 g/mol. The molecule has 1 amide bonds. The normalized spacial score (nSPS) is 18.0. The van der Waals surface area contributed by atoms with E-state index < -0.39 is 11.9 Å². The van der Waals surface area contributed by atoms with E-state index in [9.17, 15) is 18.0 Å². The molecule has 7 heteroatoms. The molecule has 1 aromatic carbocycles. The Balaban J connectivity index is 1.83. The number of pyridine rings is 1. The number of carbonyl (C=O) groups excluding carboxylic acids is 1. The van der Waals surface area contributed by atoms with Crippen LogP contribution in [-0.4, -0.2) is 35.4 Å². The quantitative estimate of drug-likeness (QED) is 0.909. The molecule has 1 N–H and O–H groups in total. The molecule has 0 spiro atoms. The molecule has 1 atom stereocenters. The van der Waals surface area contributed by atoms with Gasteiger partial charge in [0.25, 0.3) is 5.91 Å². The van der Waals surface area contributed by atoms with Crippen LogP contribution in [0.2, 0.25) is 0 Å². The highest BCUT2D eigenvalue weighted by molar-refractivity contribution is 5.94. The molecule has 0 bridgehead atoms. The van der Waals surface area contributed by atoms with Crippen LogP contribution in [-0.2, 0) is 12.6 Å². The number of hydrogen-bond acceptors (Lipinski definition) is 3. The van der Waals surface area contributed by atoms with Crippen molar-refractivity contribution in [1.29, 1.82) is 0 Å². The molecule has 0 aliphatic carbocycles. The number of amides is 1. The van der Waals surface area contributed by atoms with Crippen molar-refractivity contribution in [3.8, 4) is 0 Å². The van der Waals surface area contributed by atoms with E-state index in [0.717, 1.165) is 24.2 Å². The van der Waals surface area contributed by atoms with Crippen LogP contribution in [0.25, 0.3) is 0 Å². The minimum Gasteiger partial charge on any atom is -0.329 e. The van der Waals surface area contributed by atoms with E-state index in [1.165, 1.54) is 11.6 Å². The Morgan fingerprint density at radius 3 is 2.54 bits per heavy atom. The molecule has 1 aliphatic heterocycles. The summed E-state index contributed by atoms with van der Waals surface area (Å²) in [5.41, 5.74) is 1.38. The Labute approximate surface area is 150 Å². The van der Waals surface area contributed by atoms with Gasteiger partial charge in [0, 0.05) is 25.8 Å². The number of nitrogens with zero attached hydrogens (tertiary/aromatic N) is 2. The van der Waals surface area contributed by atoms with Crippen LogP contribution in [0.15, 0.2) is 42.6 Å². The van der Waals surface area contributed by atoms with E-state index >= 15 is 0 Å². The zero-order valence-electron chi connectivity index (χ0n) is 14.4. The van der Waals surface area contributed by atoms with Gasteiger partial charge in [-0.25, -0.2) is 0 Å². The average molecular weight is 363 g/mol. The van der Waals surface area contributed by atoms with Crippen molar-refractivity contribution < 1.29 is 18.0 Å². The van der Waals surface area contributed by atoms with Crippen LogP contribution in [0.1, 0.15) is 40.1 Å². The maximum absolute atomic E-state index is 12.8. The standard InChI is InChI=1S/C19H20F3N3O/c1-2-13-3-5-14(6-4-13)16-12-23-9-10-25(16)18(26)15-7-8-17(24-11-15)19(20,21)22/h3-8,11,16,23H,2,9-10,12H2,1H3. The van der Waals surface area contributed by atoms with Gasteiger partial charge in [-0.15, -0.1) is 0 Å². The predicted octanol–water partition coefficient (Wildman–Crippen LogP) is 3.45. The van der Waals surface area contributed by atoms with Gasteiger partial charge in [-0.1, -0.05) is 31.2 Å². The third-order valence-corrected chi connectivity index (χ3v) is 4.58. The van der Waals surface area contributed by atoms with E-state index in [1.807, 2.05) is 24.3 Å². The third kappa shape index (κ3) is 3.88. The first-order valence-corrected chi connectivity index (χ1v) is 8.54. The van der Waals surface area contributed by atoms with E-state index in [1.54, 1.807) is 4.90 Å². The maximum Gasteiger partial charge on any atom is 0.433 e. The number of carbonyl (C=O) groups is 1. The van der Waals surface area contributed by atoms with Gasteiger partial charge in [0.15, 0.2) is 0 Å². The molecule has 1 unspecified atom stereocenters. The number of aromatic nitrogens is 1. The molecule has 0 radical (unpaired) electrons. The predicted molar refractivity (Wildman–Crippen MR) is 91.7 cm³/mol. The molecule has 26 heavy (non-hydrogen) atoms. The van der Waals surface area contributed by atoms with E-state index in [0.29, 0.717) is 19.6 Å². The van der Waals surface area contributed by atoms with Crippen LogP contribution in [0.4, 0.5) is 13.2 Å². The summed E-state index contributed by atoms with van der Waals surface area (Å²) in [6, 6.07) is 9.95. The summed E-state index contributed by atoms with van der Waals surface area (Å²) in [4.78, 5) is 17.9. The maximum atomic E-state index is 12.8. The zero-order chi connectivity index (χ0) is 18.7. The van der Waals surface area contributed by atoms with Gasteiger partial charge in [-0.05, 0) is 29.7 Å². The van der Waals surface area contributed by atoms with Crippen molar-refractivity contribution in [3.05, 3.63) is 65.0 Å². The smallest absolute Gasteiger partial charge is 0.329 e. The van der Waals surface area contributed by atoms with Crippen molar-refractivity contribution in [2.75, 3.05) is 19.6 Å². The molecular formula is C19H20F3N3O. The second-order valence-electron chi connectivity index (χ2n) is 6.24. The summed E-state index contributed by atoms with van der Waals surface area (Å²) in [5.74, 6) is -0.308. The van der Waals surface area contributed by atoms with Crippen molar-refractivity contribution in [2.24, 2.45) is 0 Å². The molecule has 1 saturated heterocycles. The summed E-state index contributed by atoms with van der Waals surface area (Å²) in [6.07, 6.45) is -2.58. The molecule has 0 saturated carbocycles. The molecular weight excluding hydrogens is 343 g/mol. The fraction of sp³-hybridized carbons (Fsp3) is 0.368. The molecule has 1 fully saturated rings. The number of halogens is 3. The molecule has 3 rings (SSSR count). The Hall–Kier alpha value is -2.41. The lowest BCUT2D eigenvalue weighted by Crippen LogP contribution is -2.48. The van der Waals surface area contributed by atoms with Crippen molar-refractivity contribution in [2.45, 2.75) is 25.6 Å². The number of alkyl halides is 3. The van der Waals surface area contributed by atoms with Gasteiger partial charge in [0.2, 0.25) is 0 Å². The first-order chi connectivity index (χ1) is 12.4. The highest BCUT2D eigenvalue weighted by atomic mass is 19.4. The number of aryl methyl sites for hydroxylation is 1. The third-order valence-electron chi connectivity index (χ3n) is 4.58. The van der Waals surface area contributed by atoms with Crippen molar-refractivity contribution >= 4 is 5.91 Å². The number of piperazine rings is 1. The number of rotatable bonds is 3. The number of hydrogen-bond donors (Lipinski definition) is 1. The van der Waals surface area contributed by atoms with E-state index in [-0.39, 0.29) is 17.5 Å². The highest BCUT2D eigenvalue weighted by Crippen LogP contribution is 2.28. The fourth-order valence-electron chi connectivity index (χ4n) is 3.07. The molecule has 1 aliphatic rings. The molecule has 2 heterocycles. The van der Waals surface area contributed by atoms with Crippen molar-refractivity contribution in [3.63, 3.8) is 0 Å². The van der Waals surface area contributed by atoms with Gasteiger partial charge in [-0.2, -0.15) is 13.2 Å². The summed E-state index contributed by atoms with van der Waals surface area (Å²) < 4.78 is 38.0. The van der Waals surface area contributed by atoms with Gasteiger partial charge in [0.1, 0.15) is 5.69 Å². The van der Waals surface area contributed by atoms with Gasteiger partial charge in [0.05, 0.1) is 11.6 Å². The molecule has 138 valence electrons. The Bertz CT molecular complexity index is 757. The lowest BCUT2D eigenvalue weighted by atomic mass is 10.00. The molecule has 2 aromatic rings. The second-order valence-corrected chi connectivity index (χ2v) is 6.24. The second kappa shape index (κ2) is 7.45. The highest BCUT2D eigenvalue weighted by Gasteiger charge is 2.33. The first kappa shape index (κ1) is 18.4. The lowest BCUT2D eigenvalue weighted by Gasteiger charge is -2.36. The van der Waals surface area contributed by atoms with Gasteiger partial charge in [-0.3, -0.25) is 9.78 Å². The minimum atomic E-state index is -4.51. The van der Waals surface area contributed by atoms with E-state index in [2.05, 4.69) is 17.2 Å². The van der Waals surface area contributed by atoms with Crippen LogP contribution >= 0.6 is 0 Å². The van der Waals surface area contributed by atoms with Crippen LogP contribution in [0.5, 0.6) is 0 Å². The summed E-state index contributed by atoms with van der Waals surface area (Å²) in [5, 5.41) is 3.27. The fourth-order valence-corrected chi connectivity index (χ4v) is 3.07. The topological polar surface area (TPSA) is 45.2 Å². The summed E-state index contributed by atoms with van der Waals surface area (Å²) in [6.45, 7) is 3.80. The largest absolute Gasteiger partial charge is 0.433 e. The van der Waals surface area contributed by atoms with Crippen LogP contribution < -0.4 is 5.32 Å². The minimum absolute atomic E-state index is 0.162. The van der Waals surface area contributed by atoms with E-state index in [4.69, 9.17) is 0 Å². The Morgan fingerprint density at radius 2 is 1.96 bits per heavy atom. The van der Waals surface area contributed by atoms with Crippen LogP contribution in [0, 0.1) is 0 Å². The molecule has 1 aromatic heterocycles. The Morgan fingerprint density at radius 1 is 1.23 bits per heavy atom. The van der Waals surface area contributed by atoms with Crippen LogP contribution in [0.3, 0.4) is 0 Å². The molecule has 4 nitrogen and oxygen atoms in total. The number of nitrogens with one attached hydrogen (secondary N) is 1. The number of benzene rings is 1. The Kier molecular flexibility index (Phi) is 5.27. The summed E-state index contributed by atoms with van der Waals surface area (Å²) >= 11 is 0.